The molecule has 0 unspecified atom stereocenters. The van der Waals surface area contributed by atoms with Crippen molar-refractivity contribution in [2.24, 2.45) is 0 Å². The third-order valence-corrected chi connectivity index (χ3v) is 5.20. The van der Waals surface area contributed by atoms with Gasteiger partial charge in [-0.25, -0.2) is 0 Å². The molecule has 132 valence electrons. The first-order valence-electron chi connectivity index (χ1n) is 8.37. The van der Waals surface area contributed by atoms with Gasteiger partial charge in [0.2, 0.25) is 5.91 Å². The summed E-state index contributed by atoms with van der Waals surface area (Å²) in [5, 5.41) is 7.72. The summed E-state index contributed by atoms with van der Waals surface area (Å²) in [5.41, 5.74) is 3.39. The van der Waals surface area contributed by atoms with Gasteiger partial charge >= 0.3 is 0 Å². The maximum atomic E-state index is 12.9. The molecular weight excluding hydrogens is 368 g/mol. The predicted molar refractivity (Wildman–Crippen MR) is 103 cm³/mol. The summed E-state index contributed by atoms with van der Waals surface area (Å²) in [6.07, 6.45) is 0.878. The van der Waals surface area contributed by atoms with Crippen LogP contribution >= 0.6 is 23.8 Å². The summed E-state index contributed by atoms with van der Waals surface area (Å²) in [7, 11) is 0. The van der Waals surface area contributed by atoms with E-state index in [-0.39, 0.29) is 12.5 Å². The fraction of sp³-hybridized carbons (Fsp3) is 0.211. The minimum absolute atomic E-state index is 0.0345. The molecule has 26 heavy (non-hydrogen) atoms. The van der Waals surface area contributed by atoms with Gasteiger partial charge in [0.15, 0.2) is 10.6 Å². The van der Waals surface area contributed by atoms with Crippen LogP contribution in [0.25, 0.3) is 11.4 Å². The molecule has 4 rings (SSSR count). The molecule has 5 nitrogen and oxygen atoms in total. The Morgan fingerprint density at radius 1 is 1.15 bits per heavy atom. The molecular formula is C19H17ClN4OS. The molecule has 1 N–H and O–H groups in total. The van der Waals surface area contributed by atoms with Gasteiger partial charge in [0.25, 0.3) is 0 Å². The first-order chi connectivity index (χ1) is 12.6. The van der Waals surface area contributed by atoms with Crippen LogP contribution in [0.3, 0.4) is 0 Å². The lowest BCUT2D eigenvalue weighted by molar-refractivity contribution is -0.132. The molecule has 7 heteroatoms. The van der Waals surface area contributed by atoms with Crippen molar-refractivity contribution in [1.29, 1.82) is 0 Å². The van der Waals surface area contributed by atoms with Crippen molar-refractivity contribution in [2.45, 2.75) is 19.5 Å². The second kappa shape index (κ2) is 7.05. The molecule has 0 radical (unpaired) electrons. The lowest BCUT2D eigenvalue weighted by Gasteiger charge is -2.29. The summed E-state index contributed by atoms with van der Waals surface area (Å²) in [6.45, 7) is 1.52. The zero-order valence-corrected chi connectivity index (χ0v) is 15.6. The molecule has 0 spiro atoms. The quantitative estimate of drug-likeness (QED) is 0.698. The molecule has 0 bridgehead atoms. The van der Waals surface area contributed by atoms with E-state index in [1.54, 1.807) is 16.7 Å². The number of amides is 1. The maximum Gasteiger partial charge on any atom is 0.242 e. The smallest absolute Gasteiger partial charge is 0.242 e. The number of hydrogen-bond donors (Lipinski definition) is 1. The van der Waals surface area contributed by atoms with E-state index in [0.717, 1.165) is 18.5 Å². The third kappa shape index (κ3) is 3.30. The molecule has 0 atom stereocenters. The summed E-state index contributed by atoms with van der Waals surface area (Å²) in [4.78, 5) is 14.7. The van der Waals surface area contributed by atoms with Crippen LogP contribution in [0, 0.1) is 4.77 Å². The van der Waals surface area contributed by atoms with E-state index in [1.165, 1.54) is 11.1 Å². The first kappa shape index (κ1) is 17.0. The Bertz CT molecular complexity index is 1010. The van der Waals surface area contributed by atoms with Crippen LogP contribution in [0.15, 0.2) is 48.5 Å². The lowest BCUT2D eigenvalue weighted by Crippen LogP contribution is -2.38. The number of nitrogens with zero attached hydrogens (tertiary/aromatic N) is 3. The Morgan fingerprint density at radius 2 is 1.88 bits per heavy atom. The molecule has 0 saturated heterocycles. The summed E-state index contributed by atoms with van der Waals surface area (Å²) in [5.74, 6) is 0.671. The Labute approximate surface area is 161 Å². The van der Waals surface area contributed by atoms with Crippen LogP contribution in [0.4, 0.5) is 0 Å². The second-order valence-corrected chi connectivity index (χ2v) is 7.10. The van der Waals surface area contributed by atoms with Crippen molar-refractivity contribution in [3.63, 3.8) is 0 Å². The number of carbonyl (C=O) groups is 1. The standard InChI is InChI=1S/C19H17ClN4OS/c20-16-7-5-14(6-8-16)18-21-22-19(26)24(18)12-17(25)23-10-9-13-3-1-2-4-15(13)11-23/h1-8H,9-12H2,(H,22,26). The summed E-state index contributed by atoms with van der Waals surface area (Å²) >= 11 is 11.3. The van der Waals surface area contributed by atoms with Gasteiger partial charge in [0, 0.05) is 23.7 Å². The van der Waals surface area contributed by atoms with Gasteiger partial charge in [-0.1, -0.05) is 35.9 Å². The number of carbonyl (C=O) groups excluding carboxylic acids is 1. The van der Waals surface area contributed by atoms with E-state index in [2.05, 4.69) is 22.3 Å². The molecule has 2 aromatic carbocycles. The van der Waals surface area contributed by atoms with Crippen LogP contribution in [0.2, 0.25) is 5.02 Å². The van der Waals surface area contributed by atoms with E-state index in [9.17, 15) is 4.79 Å². The molecule has 1 aliphatic rings. The van der Waals surface area contributed by atoms with E-state index < -0.39 is 0 Å². The highest BCUT2D eigenvalue weighted by Crippen LogP contribution is 2.22. The van der Waals surface area contributed by atoms with E-state index in [0.29, 0.717) is 22.2 Å². The lowest BCUT2D eigenvalue weighted by atomic mass is 10.00. The van der Waals surface area contributed by atoms with E-state index >= 15 is 0 Å². The minimum atomic E-state index is 0.0345. The van der Waals surface area contributed by atoms with Crippen molar-refractivity contribution in [2.75, 3.05) is 6.54 Å². The number of aromatic nitrogens is 3. The topological polar surface area (TPSA) is 53.9 Å². The van der Waals surface area contributed by atoms with E-state index in [4.69, 9.17) is 23.8 Å². The molecule has 0 saturated carbocycles. The average Bonchev–Trinajstić information content (AvgIpc) is 3.02. The SMILES string of the molecule is O=C(Cn1c(-c2ccc(Cl)cc2)n[nH]c1=S)N1CCc2ccccc2C1. The Morgan fingerprint density at radius 3 is 2.65 bits per heavy atom. The summed E-state index contributed by atoms with van der Waals surface area (Å²) in [6, 6.07) is 15.6. The van der Waals surface area contributed by atoms with Crippen LogP contribution in [0.5, 0.6) is 0 Å². The van der Waals surface area contributed by atoms with Crippen molar-refractivity contribution < 1.29 is 4.79 Å². The molecule has 0 fully saturated rings. The highest BCUT2D eigenvalue weighted by Gasteiger charge is 2.22. The van der Waals surface area contributed by atoms with Gasteiger partial charge in [-0.2, -0.15) is 5.10 Å². The van der Waals surface area contributed by atoms with Gasteiger partial charge in [-0.05, 0) is 54.0 Å². The highest BCUT2D eigenvalue weighted by molar-refractivity contribution is 7.71. The molecule has 3 aromatic rings. The number of halogens is 1. The van der Waals surface area contributed by atoms with Crippen LogP contribution in [0.1, 0.15) is 11.1 Å². The van der Waals surface area contributed by atoms with Gasteiger partial charge in [0.1, 0.15) is 6.54 Å². The minimum Gasteiger partial charge on any atom is -0.336 e. The van der Waals surface area contributed by atoms with Gasteiger partial charge < -0.3 is 4.90 Å². The Balaban J connectivity index is 1.56. The van der Waals surface area contributed by atoms with Gasteiger partial charge in [-0.3, -0.25) is 14.5 Å². The summed E-state index contributed by atoms with van der Waals surface area (Å²) < 4.78 is 2.17. The number of fused-ring (bicyclic) bond motifs is 1. The van der Waals surface area contributed by atoms with Gasteiger partial charge in [-0.15, -0.1) is 0 Å². The number of rotatable bonds is 3. The average molecular weight is 385 g/mol. The van der Waals surface area contributed by atoms with Gasteiger partial charge in [0.05, 0.1) is 0 Å². The fourth-order valence-electron chi connectivity index (χ4n) is 3.23. The number of aromatic amines is 1. The largest absolute Gasteiger partial charge is 0.336 e. The number of hydrogen-bond acceptors (Lipinski definition) is 3. The second-order valence-electron chi connectivity index (χ2n) is 6.28. The zero-order chi connectivity index (χ0) is 18.1. The van der Waals surface area contributed by atoms with E-state index in [1.807, 2.05) is 29.2 Å². The van der Waals surface area contributed by atoms with Crippen LogP contribution < -0.4 is 0 Å². The Kier molecular flexibility index (Phi) is 4.61. The number of nitrogens with one attached hydrogen (secondary N) is 1. The maximum absolute atomic E-state index is 12.9. The van der Waals surface area contributed by atoms with Crippen LogP contribution in [-0.4, -0.2) is 32.1 Å². The number of benzene rings is 2. The monoisotopic (exact) mass is 384 g/mol. The molecule has 1 aliphatic heterocycles. The normalized spacial score (nSPS) is 13.5. The molecule has 1 aromatic heterocycles. The first-order valence-corrected chi connectivity index (χ1v) is 9.16. The van der Waals surface area contributed by atoms with Crippen molar-refractivity contribution in [3.8, 4) is 11.4 Å². The molecule has 1 amide bonds. The van der Waals surface area contributed by atoms with Crippen molar-refractivity contribution >= 4 is 29.7 Å². The highest BCUT2D eigenvalue weighted by atomic mass is 35.5. The van der Waals surface area contributed by atoms with Crippen LogP contribution in [-0.2, 0) is 24.3 Å². The van der Waals surface area contributed by atoms with Crippen molar-refractivity contribution in [1.82, 2.24) is 19.7 Å². The zero-order valence-electron chi connectivity index (χ0n) is 14.0. The Hall–Kier alpha value is -2.44. The number of H-pyrrole nitrogens is 1. The predicted octanol–water partition coefficient (Wildman–Crippen LogP) is 3.85. The third-order valence-electron chi connectivity index (χ3n) is 4.64. The molecule has 0 aliphatic carbocycles. The fourth-order valence-corrected chi connectivity index (χ4v) is 3.55. The van der Waals surface area contributed by atoms with Crippen molar-refractivity contribution in [3.05, 3.63) is 69.5 Å². The molecule has 2 heterocycles.